The van der Waals surface area contributed by atoms with Crippen LogP contribution in [0.1, 0.15) is 68.9 Å². The quantitative estimate of drug-likeness (QED) is 0.268. The number of unbranched alkanes of at least 4 members (excludes halogenated alkanes) is 1. The van der Waals surface area contributed by atoms with E-state index < -0.39 is 17.3 Å². The molecule has 176 valence electrons. The van der Waals surface area contributed by atoms with Gasteiger partial charge in [-0.15, -0.1) is 5.73 Å². The molecule has 0 bridgehead atoms. The summed E-state index contributed by atoms with van der Waals surface area (Å²) in [4.78, 5) is 17.3. The Labute approximate surface area is 200 Å². The molecule has 33 heavy (non-hydrogen) atoms. The van der Waals surface area contributed by atoms with Crippen molar-refractivity contribution in [3.8, 4) is 0 Å². The molecule has 0 aliphatic carbocycles. The highest BCUT2D eigenvalue weighted by atomic mass is 35.5. The zero-order valence-corrected chi connectivity index (χ0v) is 20.3. The molecule has 1 amide bonds. The second-order valence-corrected chi connectivity index (χ2v) is 9.14. The van der Waals surface area contributed by atoms with Gasteiger partial charge in [-0.2, -0.15) is 0 Å². The molecule has 2 rings (SSSR count). The smallest absolute Gasteiger partial charge is 0.258 e. The molecule has 1 unspecified atom stereocenters. The zero-order valence-electron chi connectivity index (χ0n) is 19.6. The SMILES string of the molecule is CCCC=C=C(CC(N)c1cccc(Cl)c1)NC(=NC(C)(C)C)NC(=O)c1cccc(F)c1. The van der Waals surface area contributed by atoms with E-state index >= 15 is 0 Å². The van der Waals surface area contributed by atoms with Gasteiger partial charge in [0, 0.05) is 23.0 Å². The number of nitrogens with zero attached hydrogens (tertiary/aromatic N) is 1. The summed E-state index contributed by atoms with van der Waals surface area (Å²) in [6.45, 7) is 7.82. The Balaban J connectivity index is 2.31. The van der Waals surface area contributed by atoms with Crippen molar-refractivity contribution >= 4 is 23.5 Å². The lowest BCUT2D eigenvalue weighted by Gasteiger charge is -2.20. The fourth-order valence-electron chi connectivity index (χ4n) is 2.94. The average Bonchev–Trinajstić information content (AvgIpc) is 2.72. The van der Waals surface area contributed by atoms with Crippen LogP contribution in [-0.4, -0.2) is 17.4 Å². The summed E-state index contributed by atoms with van der Waals surface area (Å²) < 4.78 is 13.6. The third kappa shape index (κ3) is 9.62. The third-order valence-corrected chi connectivity index (χ3v) is 4.68. The number of nitrogens with one attached hydrogen (secondary N) is 2. The second kappa shape index (κ2) is 12.4. The van der Waals surface area contributed by atoms with E-state index in [0.29, 0.717) is 17.1 Å². The van der Waals surface area contributed by atoms with Gasteiger partial charge in [0.25, 0.3) is 5.91 Å². The van der Waals surface area contributed by atoms with Gasteiger partial charge in [-0.25, -0.2) is 9.38 Å². The van der Waals surface area contributed by atoms with Crippen LogP contribution in [0.25, 0.3) is 0 Å². The number of halogens is 2. The summed E-state index contributed by atoms with van der Waals surface area (Å²) in [5.41, 5.74) is 11.0. The molecule has 1 atom stereocenters. The molecule has 0 saturated carbocycles. The van der Waals surface area contributed by atoms with E-state index in [2.05, 4.69) is 28.3 Å². The minimum absolute atomic E-state index is 0.195. The Morgan fingerprint density at radius 2 is 1.94 bits per heavy atom. The first-order chi connectivity index (χ1) is 15.6. The van der Waals surface area contributed by atoms with Crippen LogP contribution >= 0.6 is 11.6 Å². The van der Waals surface area contributed by atoms with Crippen LogP contribution in [0.4, 0.5) is 4.39 Å². The summed E-state index contributed by atoms with van der Waals surface area (Å²) >= 11 is 6.12. The fourth-order valence-corrected chi connectivity index (χ4v) is 3.13. The van der Waals surface area contributed by atoms with Gasteiger partial charge in [0.1, 0.15) is 5.82 Å². The molecule has 0 radical (unpaired) electrons. The first-order valence-electron chi connectivity index (χ1n) is 11.0. The van der Waals surface area contributed by atoms with Crippen LogP contribution in [0.3, 0.4) is 0 Å². The number of hydrogen-bond donors (Lipinski definition) is 3. The molecule has 0 heterocycles. The molecule has 4 N–H and O–H groups in total. The first kappa shape index (κ1) is 26.3. The lowest BCUT2D eigenvalue weighted by atomic mass is 10.0. The molecule has 0 spiro atoms. The van der Waals surface area contributed by atoms with E-state index in [0.717, 1.165) is 18.4 Å². The maximum absolute atomic E-state index is 13.6. The maximum Gasteiger partial charge on any atom is 0.258 e. The van der Waals surface area contributed by atoms with Crippen LogP contribution in [0.5, 0.6) is 0 Å². The lowest BCUT2D eigenvalue weighted by Crippen LogP contribution is -2.42. The molecule has 0 aliphatic heterocycles. The Morgan fingerprint density at radius 3 is 2.58 bits per heavy atom. The molecule has 0 aliphatic rings. The number of hydrogen-bond acceptors (Lipinski definition) is 3. The average molecular weight is 471 g/mol. The van der Waals surface area contributed by atoms with Crippen molar-refractivity contribution < 1.29 is 9.18 Å². The van der Waals surface area contributed by atoms with Crippen LogP contribution < -0.4 is 16.4 Å². The van der Waals surface area contributed by atoms with Gasteiger partial charge < -0.3 is 11.1 Å². The van der Waals surface area contributed by atoms with Crippen LogP contribution in [0.2, 0.25) is 5.02 Å². The Hall–Kier alpha value is -2.92. The molecule has 2 aromatic rings. The molecule has 0 aromatic heterocycles. The minimum Gasteiger partial charge on any atom is -0.324 e. The molecule has 0 fully saturated rings. The van der Waals surface area contributed by atoms with Crippen molar-refractivity contribution in [1.82, 2.24) is 10.6 Å². The third-order valence-electron chi connectivity index (χ3n) is 4.45. The topological polar surface area (TPSA) is 79.5 Å². The van der Waals surface area contributed by atoms with Crippen LogP contribution in [0.15, 0.2) is 71.0 Å². The van der Waals surface area contributed by atoms with Crippen LogP contribution in [0, 0.1) is 5.82 Å². The lowest BCUT2D eigenvalue weighted by molar-refractivity contribution is 0.0975. The number of benzene rings is 2. The largest absolute Gasteiger partial charge is 0.324 e. The summed E-state index contributed by atoms with van der Waals surface area (Å²) in [6.07, 6.45) is 4.16. The van der Waals surface area contributed by atoms with E-state index in [1.165, 1.54) is 18.2 Å². The van der Waals surface area contributed by atoms with Crippen molar-refractivity contribution in [3.05, 3.63) is 88.0 Å². The maximum atomic E-state index is 13.6. The molecule has 5 nitrogen and oxygen atoms in total. The second-order valence-electron chi connectivity index (χ2n) is 8.70. The normalized spacial score (nSPS) is 12.5. The Bertz CT molecular complexity index is 1050. The number of carbonyl (C=O) groups excluding carboxylic acids is 1. The standard InChI is InChI=1S/C26H32ClFN4O/c1-5-6-7-14-22(17-23(29)18-10-8-12-20(27)15-18)30-25(32-26(2,3)4)31-24(33)19-11-9-13-21(28)16-19/h7-13,15-16,23H,5-6,17,29H2,1-4H3,(H2,30,31,32,33). The minimum atomic E-state index is -0.486. The molecular formula is C26H32ClFN4O. The Kier molecular flexibility index (Phi) is 9.86. The number of rotatable bonds is 7. The first-order valence-corrected chi connectivity index (χ1v) is 11.3. The molecule has 0 saturated heterocycles. The monoisotopic (exact) mass is 470 g/mol. The van der Waals surface area contributed by atoms with Crippen molar-refractivity contribution in [2.24, 2.45) is 10.7 Å². The van der Waals surface area contributed by atoms with Gasteiger partial charge >= 0.3 is 0 Å². The van der Waals surface area contributed by atoms with Gasteiger partial charge in [0.2, 0.25) is 5.96 Å². The van der Waals surface area contributed by atoms with Gasteiger partial charge in [0.15, 0.2) is 0 Å². The highest BCUT2D eigenvalue weighted by molar-refractivity contribution is 6.30. The summed E-state index contributed by atoms with van der Waals surface area (Å²) in [6, 6.07) is 12.5. The van der Waals surface area contributed by atoms with Gasteiger partial charge in [-0.3, -0.25) is 10.1 Å². The predicted molar refractivity (Wildman–Crippen MR) is 134 cm³/mol. The van der Waals surface area contributed by atoms with Gasteiger partial charge in [-0.1, -0.05) is 43.1 Å². The molecule has 2 aromatic carbocycles. The van der Waals surface area contributed by atoms with Crippen molar-refractivity contribution in [2.75, 3.05) is 0 Å². The van der Waals surface area contributed by atoms with Crippen molar-refractivity contribution in [3.63, 3.8) is 0 Å². The van der Waals surface area contributed by atoms with Gasteiger partial charge in [-0.05, 0) is 69.2 Å². The highest BCUT2D eigenvalue weighted by Gasteiger charge is 2.17. The van der Waals surface area contributed by atoms with Crippen molar-refractivity contribution in [2.45, 2.75) is 58.5 Å². The summed E-state index contributed by atoms with van der Waals surface area (Å²) in [5.74, 6) is -0.719. The molecule has 7 heteroatoms. The number of nitrogens with two attached hydrogens (primary N) is 1. The van der Waals surface area contributed by atoms with E-state index in [1.54, 1.807) is 12.1 Å². The fraction of sp³-hybridized carbons (Fsp3) is 0.346. The van der Waals surface area contributed by atoms with E-state index in [9.17, 15) is 9.18 Å². The van der Waals surface area contributed by atoms with E-state index in [-0.39, 0.29) is 17.6 Å². The number of carbonyl (C=O) groups is 1. The van der Waals surface area contributed by atoms with E-state index in [1.807, 2.05) is 45.0 Å². The Morgan fingerprint density at radius 1 is 1.21 bits per heavy atom. The van der Waals surface area contributed by atoms with Crippen LogP contribution in [-0.2, 0) is 0 Å². The van der Waals surface area contributed by atoms with Crippen molar-refractivity contribution in [1.29, 1.82) is 0 Å². The number of aliphatic imine (C=N–C) groups is 1. The highest BCUT2D eigenvalue weighted by Crippen LogP contribution is 2.21. The van der Waals surface area contributed by atoms with Gasteiger partial charge in [0.05, 0.1) is 11.2 Å². The summed E-state index contributed by atoms with van der Waals surface area (Å²) in [7, 11) is 0. The predicted octanol–water partition coefficient (Wildman–Crippen LogP) is 5.88. The van der Waals surface area contributed by atoms with E-state index in [4.69, 9.17) is 17.3 Å². The summed E-state index contributed by atoms with van der Waals surface area (Å²) in [5, 5.41) is 6.55. The molecular weight excluding hydrogens is 439 g/mol. The number of amides is 1. The number of guanidine groups is 1. The zero-order chi connectivity index (χ0) is 24.4.